The Balaban J connectivity index is 1.98. The molecule has 0 aromatic carbocycles. The Morgan fingerprint density at radius 2 is 1.93 bits per heavy atom. The van der Waals surface area contributed by atoms with Gasteiger partial charge in [0.2, 0.25) is 0 Å². The SMILES string of the molecule is N[C@@H](CCCCC1CCCCC1)C(=O)O. The standard InChI is InChI=1S/C12H23NO2/c13-11(12(14)15)9-5-4-8-10-6-2-1-3-7-10/h10-11H,1-9,13H2,(H,14,15)/t11-/m0/s1. The van der Waals surface area contributed by atoms with Crippen LogP contribution in [0.15, 0.2) is 0 Å². The Morgan fingerprint density at radius 3 is 2.53 bits per heavy atom. The predicted octanol–water partition coefficient (Wildman–Crippen LogP) is 2.54. The average Bonchev–Trinajstić information content (AvgIpc) is 2.25. The van der Waals surface area contributed by atoms with Crippen LogP contribution in [0.25, 0.3) is 0 Å². The Morgan fingerprint density at radius 1 is 1.27 bits per heavy atom. The summed E-state index contributed by atoms with van der Waals surface area (Å²) >= 11 is 0. The van der Waals surface area contributed by atoms with E-state index >= 15 is 0 Å². The lowest BCUT2D eigenvalue weighted by molar-refractivity contribution is -0.138. The molecule has 1 atom stereocenters. The molecule has 1 aliphatic rings. The molecular formula is C12H23NO2. The number of unbranched alkanes of at least 4 members (excludes halogenated alkanes) is 1. The van der Waals surface area contributed by atoms with E-state index in [4.69, 9.17) is 10.8 Å². The molecule has 1 saturated carbocycles. The van der Waals surface area contributed by atoms with E-state index in [2.05, 4.69) is 0 Å². The normalized spacial score (nSPS) is 20.1. The molecule has 0 aliphatic heterocycles. The minimum Gasteiger partial charge on any atom is -0.480 e. The van der Waals surface area contributed by atoms with Crippen molar-refractivity contribution in [2.24, 2.45) is 11.7 Å². The van der Waals surface area contributed by atoms with Gasteiger partial charge < -0.3 is 10.8 Å². The lowest BCUT2D eigenvalue weighted by atomic mass is 9.85. The van der Waals surface area contributed by atoms with Crippen LogP contribution in [-0.4, -0.2) is 17.1 Å². The maximum Gasteiger partial charge on any atom is 0.320 e. The second-order valence-corrected chi connectivity index (χ2v) is 4.73. The molecule has 3 nitrogen and oxygen atoms in total. The van der Waals surface area contributed by atoms with Gasteiger partial charge in [0.1, 0.15) is 6.04 Å². The summed E-state index contributed by atoms with van der Waals surface area (Å²) in [6.07, 6.45) is 10.9. The van der Waals surface area contributed by atoms with E-state index in [0.717, 1.165) is 18.8 Å². The van der Waals surface area contributed by atoms with Crippen LogP contribution in [-0.2, 0) is 4.79 Å². The lowest BCUT2D eigenvalue weighted by Crippen LogP contribution is -2.29. The summed E-state index contributed by atoms with van der Waals surface area (Å²) < 4.78 is 0. The third kappa shape index (κ3) is 5.17. The number of carbonyl (C=O) groups is 1. The van der Waals surface area contributed by atoms with Crippen molar-refractivity contribution in [3.05, 3.63) is 0 Å². The zero-order chi connectivity index (χ0) is 11.1. The van der Waals surface area contributed by atoms with Crippen LogP contribution in [0, 0.1) is 5.92 Å². The number of hydrogen-bond donors (Lipinski definition) is 2. The summed E-state index contributed by atoms with van der Waals surface area (Å²) in [6.45, 7) is 0. The summed E-state index contributed by atoms with van der Waals surface area (Å²) in [7, 11) is 0. The number of carboxylic acids is 1. The average molecular weight is 213 g/mol. The Labute approximate surface area is 92.0 Å². The molecule has 0 heterocycles. The first-order chi connectivity index (χ1) is 7.20. The number of carboxylic acid groups (broad SMARTS) is 1. The first-order valence-electron chi connectivity index (χ1n) is 6.18. The van der Waals surface area contributed by atoms with Gasteiger partial charge in [0.25, 0.3) is 0 Å². The molecule has 0 bridgehead atoms. The fraction of sp³-hybridized carbons (Fsp3) is 0.917. The van der Waals surface area contributed by atoms with E-state index in [-0.39, 0.29) is 0 Å². The first kappa shape index (κ1) is 12.5. The van der Waals surface area contributed by atoms with Crippen LogP contribution < -0.4 is 5.73 Å². The first-order valence-corrected chi connectivity index (χ1v) is 6.18. The van der Waals surface area contributed by atoms with Crippen LogP contribution in [0.2, 0.25) is 0 Å². The predicted molar refractivity (Wildman–Crippen MR) is 60.7 cm³/mol. The highest BCUT2D eigenvalue weighted by Crippen LogP contribution is 2.27. The van der Waals surface area contributed by atoms with Crippen LogP contribution in [0.1, 0.15) is 57.8 Å². The van der Waals surface area contributed by atoms with E-state index in [1.165, 1.54) is 38.5 Å². The minimum absolute atomic E-state index is 0.627. The Kier molecular flexibility index (Phi) is 5.69. The molecule has 1 rings (SSSR count). The minimum atomic E-state index is -0.868. The molecule has 0 unspecified atom stereocenters. The van der Waals surface area contributed by atoms with Crippen molar-refractivity contribution in [1.82, 2.24) is 0 Å². The summed E-state index contributed by atoms with van der Waals surface area (Å²) in [5.74, 6) is 0.0347. The van der Waals surface area contributed by atoms with Gasteiger partial charge >= 0.3 is 5.97 Å². The van der Waals surface area contributed by atoms with Gasteiger partial charge in [-0.2, -0.15) is 0 Å². The van der Waals surface area contributed by atoms with Crippen LogP contribution in [0.5, 0.6) is 0 Å². The maximum absolute atomic E-state index is 10.5. The summed E-state index contributed by atoms with van der Waals surface area (Å²) in [5, 5.41) is 8.61. The third-order valence-corrected chi connectivity index (χ3v) is 3.42. The highest BCUT2D eigenvalue weighted by atomic mass is 16.4. The second kappa shape index (κ2) is 6.83. The van der Waals surface area contributed by atoms with E-state index in [9.17, 15) is 4.79 Å². The van der Waals surface area contributed by atoms with E-state index < -0.39 is 12.0 Å². The summed E-state index contributed by atoms with van der Waals surface area (Å²) in [6, 6.07) is -0.656. The fourth-order valence-corrected chi connectivity index (χ4v) is 2.40. The molecule has 15 heavy (non-hydrogen) atoms. The highest BCUT2D eigenvalue weighted by Gasteiger charge is 2.14. The van der Waals surface area contributed by atoms with Crippen molar-refractivity contribution in [3.8, 4) is 0 Å². The molecule has 3 heteroatoms. The molecule has 0 amide bonds. The van der Waals surface area contributed by atoms with E-state index in [0.29, 0.717) is 6.42 Å². The third-order valence-electron chi connectivity index (χ3n) is 3.42. The van der Waals surface area contributed by atoms with Gasteiger partial charge in [-0.15, -0.1) is 0 Å². The lowest BCUT2D eigenvalue weighted by Gasteiger charge is -2.21. The largest absolute Gasteiger partial charge is 0.480 e. The van der Waals surface area contributed by atoms with Crippen molar-refractivity contribution in [2.75, 3.05) is 0 Å². The molecule has 0 spiro atoms. The van der Waals surface area contributed by atoms with Crippen LogP contribution >= 0.6 is 0 Å². The number of rotatable bonds is 6. The van der Waals surface area contributed by atoms with Gasteiger partial charge in [0, 0.05) is 0 Å². The quantitative estimate of drug-likeness (QED) is 0.666. The summed E-state index contributed by atoms with van der Waals surface area (Å²) in [4.78, 5) is 10.5. The molecule has 0 aromatic rings. The van der Waals surface area contributed by atoms with Gasteiger partial charge in [-0.25, -0.2) is 0 Å². The van der Waals surface area contributed by atoms with Gasteiger partial charge in [-0.3, -0.25) is 4.79 Å². The van der Waals surface area contributed by atoms with E-state index in [1.54, 1.807) is 0 Å². The van der Waals surface area contributed by atoms with Gasteiger partial charge in [0.15, 0.2) is 0 Å². The van der Waals surface area contributed by atoms with Crippen molar-refractivity contribution in [2.45, 2.75) is 63.8 Å². The molecular weight excluding hydrogens is 190 g/mol. The number of aliphatic carboxylic acids is 1. The molecule has 1 fully saturated rings. The monoisotopic (exact) mass is 213 g/mol. The zero-order valence-electron chi connectivity index (χ0n) is 9.45. The molecule has 88 valence electrons. The van der Waals surface area contributed by atoms with Gasteiger partial charge in [-0.05, 0) is 12.3 Å². The van der Waals surface area contributed by atoms with Crippen molar-refractivity contribution in [3.63, 3.8) is 0 Å². The second-order valence-electron chi connectivity index (χ2n) is 4.73. The highest BCUT2D eigenvalue weighted by molar-refractivity contribution is 5.72. The molecule has 3 N–H and O–H groups in total. The maximum atomic E-state index is 10.5. The zero-order valence-corrected chi connectivity index (χ0v) is 9.45. The molecule has 0 radical (unpaired) electrons. The smallest absolute Gasteiger partial charge is 0.320 e. The topological polar surface area (TPSA) is 63.3 Å². The number of nitrogens with two attached hydrogens (primary N) is 1. The van der Waals surface area contributed by atoms with Crippen LogP contribution in [0.3, 0.4) is 0 Å². The van der Waals surface area contributed by atoms with Crippen molar-refractivity contribution < 1.29 is 9.90 Å². The Hall–Kier alpha value is -0.570. The van der Waals surface area contributed by atoms with Crippen LogP contribution in [0.4, 0.5) is 0 Å². The molecule has 1 aliphatic carbocycles. The van der Waals surface area contributed by atoms with Gasteiger partial charge in [0.05, 0.1) is 0 Å². The molecule has 0 aromatic heterocycles. The summed E-state index contributed by atoms with van der Waals surface area (Å²) in [5.41, 5.74) is 5.44. The Bertz CT molecular complexity index is 188. The molecule has 0 saturated heterocycles. The van der Waals surface area contributed by atoms with Crippen molar-refractivity contribution >= 4 is 5.97 Å². The fourth-order valence-electron chi connectivity index (χ4n) is 2.40. The van der Waals surface area contributed by atoms with Gasteiger partial charge in [-0.1, -0.05) is 51.4 Å². The number of hydrogen-bond acceptors (Lipinski definition) is 2. The van der Waals surface area contributed by atoms with Crippen molar-refractivity contribution in [1.29, 1.82) is 0 Å². The van der Waals surface area contributed by atoms with E-state index in [1.807, 2.05) is 0 Å².